The molecule has 11 nitrogen and oxygen atoms in total. The third-order valence-corrected chi connectivity index (χ3v) is 9.41. The number of carbonyl (C=O) groups excluding carboxylic acids is 3. The number of sulfonamides is 2. The predicted molar refractivity (Wildman–Crippen MR) is 146 cm³/mol. The van der Waals surface area contributed by atoms with Gasteiger partial charge in [-0.05, 0) is 72.6 Å². The van der Waals surface area contributed by atoms with Crippen LogP contribution in [0.15, 0.2) is 82.6 Å². The molecule has 0 aliphatic carbocycles. The molecule has 40 heavy (non-hydrogen) atoms. The predicted octanol–water partition coefficient (Wildman–Crippen LogP) is 2.34. The van der Waals surface area contributed by atoms with Gasteiger partial charge in [0.2, 0.25) is 26.0 Å². The number of amides is 2. The number of carbonyl (C=O) groups is 3. The highest BCUT2D eigenvalue weighted by Crippen LogP contribution is 2.30. The maximum absolute atomic E-state index is 13.7. The van der Waals surface area contributed by atoms with Crippen LogP contribution < -0.4 is 10.0 Å². The molecule has 2 N–H and O–H groups in total. The van der Waals surface area contributed by atoms with Gasteiger partial charge in [-0.2, -0.15) is 4.31 Å². The number of methoxy groups -OCH3 is 1. The quantitative estimate of drug-likeness (QED) is 0.287. The van der Waals surface area contributed by atoms with Crippen LogP contribution in [0, 0.1) is 0 Å². The summed E-state index contributed by atoms with van der Waals surface area (Å²) < 4.78 is 56.2. The number of rotatable bonds is 9. The summed E-state index contributed by atoms with van der Waals surface area (Å²) >= 11 is 5.93. The molecule has 1 aliphatic heterocycles. The van der Waals surface area contributed by atoms with Gasteiger partial charge in [0.25, 0.3) is 5.91 Å². The number of nitrogens with two attached hydrogens (primary N) is 1. The number of primary sulfonamides is 1. The molecule has 3 aromatic rings. The van der Waals surface area contributed by atoms with Gasteiger partial charge in [0.05, 0.1) is 34.6 Å². The first-order valence-corrected chi connectivity index (χ1v) is 15.1. The third kappa shape index (κ3) is 6.08. The zero-order chi connectivity index (χ0) is 29.2. The molecule has 1 aliphatic rings. The van der Waals surface area contributed by atoms with Gasteiger partial charge >= 0.3 is 5.97 Å². The number of hydrogen-bond donors (Lipinski definition) is 1. The lowest BCUT2D eigenvalue weighted by molar-refractivity contribution is -0.122. The minimum absolute atomic E-state index is 0.101. The Morgan fingerprint density at radius 3 is 2.08 bits per heavy atom. The number of anilines is 1. The number of hydrogen-bond acceptors (Lipinski definition) is 8. The van der Waals surface area contributed by atoms with Crippen LogP contribution >= 0.6 is 11.6 Å². The lowest BCUT2D eigenvalue weighted by Gasteiger charge is -2.27. The number of ether oxygens (including phenoxy) is 1. The van der Waals surface area contributed by atoms with E-state index in [0.717, 1.165) is 9.21 Å². The van der Waals surface area contributed by atoms with E-state index in [0.29, 0.717) is 10.6 Å². The topological polar surface area (TPSA) is 161 Å². The van der Waals surface area contributed by atoms with Crippen molar-refractivity contribution in [1.82, 2.24) is 4.31 Å². The summed E-state index contributed by atoms with van der Waals surface area (Å²) in [4.78, 5) is 38.9. The minimum Gasteiger partial charge on any atom is -0.465 e. The Balaban J connectivity index is 1.66. The molecule has 0 radical (unpaired) electrons. The zero-order valence-corrected chi connectivity index (χ0v) is 23.4. The standard InChI is InChI=1S/C26H24ClN3O8S2/c1-38-26(33)18-4-8-20(9-5-18)30-24(31)16-23(25(30)32)29(40(36,37)22-12-6-19(27)7-13-22)15-14-17-2-10-21(11-3-17)39(28,34)35/h2-13,23H,14-16H2,1H3,(H2,28,34,35). The molecule has 0 aromatic heterocycles. The summed E-state index contributed by atoms with van der Waals surface area (Å²) in [5, 5.41) is 5.46. The van der Waals surface area contributed by atoms with Crippen LogP contribution in [0.5, 0.6) is 0 Å². The van der Waals surface area contributed by atoms with Crippen LogP contribution in [-0.2, 0) is 40.8 Å². The van der Waals surface area contributed by atoms with Crippen LogP contribution in [0.4, 0.5) is 5.69 Å². The molecule has 0 spiro atoms. The fourth-order valence-electron chi connectivity index (χ4n) is 4.25. The van der Waals surface area contributed by atoms with E-state index < -0.39 is 50.3 Å². The second-order valence-corrected chi connectivity index (χ2v) is 12.7. The smallest absolute Gasteiger partial charge is 0.337 e. The van der Waals surface area contributed by atoms with Gasteiger partial charge < -0.3 is 4.74 Å². The lowest BCUT2D eigenvalue weighted by atomic mass is 10.1. The van der Waals surface area contributed by atoms with Crippen molar-refractivity contribution >= 4 is 55.1 Å². The Labute approximate surface area is 236 Å². The second kappa shape index (κ2) is 11.5. The molecule has 14 heteroatoms. The number of halogens is 1. The summed E-state index contributed by atoms with van der Waals surface area (Å²) in [7, 11) is -6.98. The first-order chi connectivity index (χ1) is 18.8. The monoisotopic (exact) mass is 605 g/mol. The summed E-state index contributed by atoms with van der Waals surface area (Å²) in [6.07, 6.45) is -0.307. The van der Waals surface area contributed by atoms with Crippen LogP contribution in [0.25, 0.3) is 0 Å². The van der Waals surface area contributed by atoms with Crippen molar-refractivity contribution in [3.63, 3.8) is 0 Å². The van der Waals surface area contributed by atoms with Crippen molar-refractivity contribution in [2.45, 2.75) is 28.7 Å². The van der Waals surface area contributed by atoms with Crippen LogP contribution in [0.3, 0.4) is 0 Å². The molecule has 0 bridgehead atoms. The van der Waals surface area contributed by atoms with Crippen LogP contribution in [-0.4, -0.2) is 58.6 Å². The zero-order valence-electron chi connectivity index (χ0n) is 21.1. The molecule has 2 amide bonds. The van der Waals surface area contributed by atoms with E-state index in [2.05, 4.69) is 4.74 Å². The Kier molecular flexibility index (Phi) is 8.42. The Bertz CT molecular complexity index is 1660. The van der Waals surface area contributed by atoms with Crippen molar-refractivity contribution in [2.24, 2.45) is 5.14 Å². The number of imide groups is 1. The summed E-state index contributed by atoms with van der Waals surface area (Å²) in [5.41, 5.74) is 0.964. The van der Waals surface area contributed by atoms with Crippen molar-refractivity contribution in [2.75, 3.05) is 18.6 Å². The van der Waals surface area contributed by atoms with E-state index >= 15 is 0 Å². The molecule has 4 rings (SSSR count). The van der Waals surface area contributed by atoms with Crippen LogP contribution in [0.1, 0.15) is 22.3 Å². The molecule has 1 heterocycles. The Morgan fingerprint density at radius 2 is 1.52 bits per heavy atom. The fourth-order valence-corrected chi connectivity index (χ4v) is 6.47. The average molecular weight is 606 g/mol. The highest BCUT2D eigenvalue weighted by molar-refractivity contribution is 7.89. The molecule has 1 unspecified atom stereocenters. The molecular weight excluding hydrogens is 582 g/mol. The van der Waals surface area contributed by atoms with E-state index in [1.165, 1.54) is 79.9 Å². The third-order valence-electron chi connectivity index (χ3n) is 6.31. The second-order valence-electron chi connectivity index (χ2n) is 8.83. The van der Waals surface area contributed by atoms with E-state index in [-0.39, 0.29) is 34.0 Å². The first kappa shape index (κ1) is 29.4. The maximum atomic E-state index is 13.7. The number of benzene rings is 3. The first-order valence-electron chi connectivity index (χ1n) is 11.8. The van der Waals surface area contributed by atoms with Crippen LogP contribution in [0.2, 0.25) is 5.02 Å². The van der Waals surface area contributed by atoms with Gasteiger partial charge in [0.15, 0.2) is 0 Å². The fraction of sp³-hybridized carbons (Fsp3) is 0.192. The van der Waals surface area contributed by atoms with E-state index in [4.69, 9.17) is 16.7 Å². The molecule has 1 atom stereocenters. The van der Waals surface area contributed by atoms with Gasteiger partial charge in [-0.1, -0.05) is 23.7 Å². The number of nitrogens with zero attached hydrogens (tertiary/aromatic N) is 2. The highest BCUT2D eigenvalue weighted by atomic mass is 35.5. The average Bonchev–Trinajstić information content (AvgIpc) is 3.21. The van der Waals surface area contributed by atoms with Crippen molar-refractivity contribution < 1.29 is 36.0 Å². The van der Waals surface area contributed by atoms with Crippen molar-refractivity contribution in [3.8, 4) is 0 Å². The minimum atomic E-state index is -4.29. The SMILES string of the molecule is COC(=O)c1ccc(N2C(=O)CC(N(CCc3ccc(S(N)(=O)=O)cc3)S(=O)(=O)c3ccc(Cl)cc3)C2=O)cc1. The molecule has 1 fully saturated rings. The normalized spacial score (nSPS) is 16.0. The Hall–Kier alpha value is -3.62. The van der Waals surface area contributed by atoms with E-state index in [9.17, 15) is 31.2 Å². The largest absolute Gasteiger partial charge is 0.465 e. The molecule has 210 valence electrons. The van der Waals surface area contributed by atoms with Gasteiger partial charge in [-0.25, -0.2) is 31.7 Å². The van der Waals surface area contributed by atoms with Crippen molar-refractivity contribution in [3.05, 3.63) is 88.9 Å². The van der Waals surface area contributed by atoms with Gasteiger partial charge in [-0.15, -0.1) is 0 Å². The molecule has 1 saturated heterocycles. The summed E-state index contributed by atoms with van der Waals surface area (Å²) in [5.74, 6) is -1.96. The van der Waals surface area contributed by atoms with Gasteiger partial charge in [-0.3, -0.25) is 9.59 Å². The molecular formula is C26H24ClN3O8S2. The van der Waals surface area contributed by atoms with Gasteiger partial charge in [0.1, 0.15) is 6.04 Å². The molecule has 0 saturated carbocycles. The van der Waals surface area contributed by atoms with Crippen molar-refractivity contribution in [1.29, 1.82) is 0 Å². The number of esters is 1. The molecule has 3 aromatic carbocycles. The summed E-state index contributed by atoms with van der Waals surface area (Å²) in [6, 6.07) is 15.2. The maximum Gasteiger partial charge on any atom is 0.337 e. The van der Waals surface area contributed by atoms with Gasteiger partial charge in [0, 0.05) is 11.6 Å². The Morgan fingerprint density at radius 1 is 0.950 bits per heavy atom. The van der Waals surface area contributed by atoms with E-state index in [1.54, 1.807) is 0 Å². The summed E-state index contributed by atoms with van der Waals surface area (Å²) in [6.45, 7) is -0.196. The lowest BCUT2D eigenvalue weighted by Crippen LogP contribution is -2.46. The highest BCUT2D eigenvalue weighted by Gasteiger charge is 2.46. The van der Waals surface area contributed by atoms with E-state index in [1.807, 2.05) is 0 Å².